The lowest BCUT2D eigenvalue weighted by Gasteiger charge is -1.89. The van der Waals surface area contributed by atoms with Gasteiger partial charge in [0, 0.05) is 0 Å². The second kappa shape index (κ2) is 4.43. The Hall–Kier alpha value is -1.08. The molecular formula is C7H8N2O3S2. The van der Waals surface area contributed by atoms with Gasteiger partial charge in [-0.2, -0.15) is 0 Å². The van der Waals surface area contributed by atoms with Gasteiger partial charge < -0.3 is 10.8 Å². The highest BCUT2D eigenvalue weighted by Gasteiger charge is 2.14. The highest BCUT2D eigenvalue weighted by atomic mass is 32.2. The number of thiazole rings is 1. The fraction of sp³-hybridized carbons (Fsp3) is 0.286. The quantitative estimate of drug-likeness (QED) is 0.746. The number of carboxylic acid groups (broad SMARTS) is 1. The van der Waals surface area contributed by atoms with Crippen molar-refractivity contribution < 1.29 is 14.7 Å². The number of amides is 1. The molecule has 3 N–H and O–H groups in total. The largest absolute Gasteiger partial charge is 0.477 e. The molecule has 1 rings (SSSR count). The monoisotopic (exact) mass is 232 g/mol. The van der Waals surface area contributed by atoms with Crippen molar-refractivity contribution in [2.45, 2.75) is 11.3 Å². The zero-order valence-corrected chi connectivity index (χ0v) is 8.94. The number of aromatic carboxylic acids is 1. The lowest BCUT2D eigenvalue weighted by Crippen LogP contribution is -2.12. The van der Waals surface area contributed by atoms with Crippen LogP contribution in [0.4, 0.5) is 0 Å². The van der Waals surface area contributed by atoms with Crippen LogP contribution in [0.1, 0.15) is 15.4 Å². The Labute approximate surface area is 88.3 Å². The molecule has 0 aromatic carbocycles. The van der Waals surface area contributed by atoms with Crippen molar-refractivity contribution in [1.29, 1.82) is 0 Å². The number of hydrogen-bond acceptors (Lipinski definition) is 5. The predicted octanol–water partition coefficient (Wildman–Crippen LogP) is 0.727. The van der Waals surface area contributed by atoms with Crippen LogP contribution in [0.5, 0.6) is 0 Å². The number of carbonyl (C=O) groups excluding carboxylic acids is 1. The first-order chi connectivity index (χ1) is 6.50. The molecule has 14 heavy (non-hydrogen) atoms. The van der Waals surface area contributed by atoms with Crippen LogP contribution in [-0.2, 0) is 4.79 Å². The van der Waals surface area contributed by atoms with Gasteiger partial charge in [0.25, 0.3) is 0 Å². The number of nitrogens with two attached hydrogens (primary N) is 1. The Bertz CT molecular complexity index is 375. The molecule has 0 aliphatic rings. The SMILES string of the molecule is Cc1nc(SCC(N)=O)sc1C(=O)O. The lowest BCUT2D eigenvalue weighted by atomic mass is 10.4. The molecule has 0 atom stereocenters. The summed E-state index contributed by atoms with van der Waals surface area (Å²) in [6.45, 7) is 1.62. The Kier molecular flexibility index (Phi) is 3.48. The van der Waals surface area contributed by atoms with Crippen LogP contribution in [0.25, 0.3) is 0 Å². The number of primary amides is 1. The molecule has 0 saturated heterocycles. The summed E-state index contributed by atoms with van der Waals surface area (Å²) < 4.78 is 0.554. The number of carbonyl (C=O) groups is 2. The van der Waals surface area contributed by atoms with Crippen molar-refractivity contribution in [1.82, 2.24) is 4.98 Å². The van der Waals surface area contributed by atoms with Gasteiger partial charge in [-0.25, -0.2) is 9.78 Å². The topological polar surface area (TPSA) is 93.3 Å². The number of carboxylic acids is 1. The molecule has 1 aromatic heterocycles. The average Bonchev–Trinajstić information content (AvgIpc) is 2.43. The van der Waals surface area contributed by atoms with E-state index in [1.165, 1.54) is 0 Å². The summed E-state index contributed by atoms with van der Waals surface area (Å²) in [5.74, 6) is -1.32. The van der Waals surface area contributed by atoms with E-state index in [0.717, 1.165) is 23.1 Å². The van der Waals surface area contributed by atoms with E-state index in [-0.39, 0.29) is 10.6 Å². The Morgan fingerprint density at radius 2 is 2.29 bits per heavy atom. The van der Waals surface area contributed by atoms with E-state index in [1.54, 1.807) is 6.92 Å². The van der Waals surface area contributed by atoms with Gasteiger partial charge in [-0.15, -0.1) is 11.3 Å². The highest BCUT2D eigenvalue weighted by molar-refractivity contribution is 8.01. The number of thioether (sulfide) groups is 1. The fourth-order valence-electron chi connectivity index (χ4n) is 0.765. The van der Waals surface area contributed by atoms with Crippen molar-refractivity contribution in [3.05, 3.63) is 10.6 Å². The number of nitrogens with zero attached hydrogens (tertiary/aromatic N) is 1. The Morgan fingerprint density at radius 1 is 1.64 bits per heavy atom. The molecule has 5 nitrogen and oxygen atoms in total. The summed E-state index contributed by atoms with van der Waals surface area (Å²) in [6, 6.07) is 0. The first-order valence-electron chi connectivity index (χ1n) is 3.62. The van der Waals surface area contributed by atoms with Crippen LogP contribution >= 0.6 is 23.1 Å². The van der Waals surface area contributed by atoms with Gasteiger partial charge in [-0.3, -0.25) is 4.79 Å². The van der Waals surface area contributed by atoms with Crippen LogP contribution in [-0.4, -0.2) is 27.7 Å². The van der Waals surface area contributed by atoms with E-state index < -0.39 is 11.9 Å². The molecule has 1 heterocycles. The van der Waals surface area contributed by atoms with Gasteiger partial charge in [0.05, 0.1) is 11.4 Å². The molecule has 76 valence electrons. The van der Waals surface area contributed by atoms with Gasteiger partial charge in [-0.1, -0.05) is 11.8 Å². The Balaban J connectivity index is 2.76. The third kappa shape index (κ3) is 2.71. The number of rotatable bonds is 4. The van der Waals surface area contributed by atoms with Crippen molar-refractivity contribution in [2.24, 2.45) is 5.73 Å². The van der Waals surface area contributed by atoms with Crippen molar-refractivity contribution in [2.75, 3.05) is 5.75 Å². The van der Waals surface area contributed by atoms with E-state index in [2.05, 4.69) is 4.98 Å². The molecule has 0 unspecified atom stereocenters. The Morgan fingerprint density at radius 3 is 2.71 bits per heavy atom. The molecule has 1 amide bonds. The lowest BCUT2D eigenvalue weighted by molar-refractivity contribution is -0.115. The van der Waals surface area contributed by atoms with E-state index in [4.69, 9.17) is 10.8 Å². The molecule has 0 bridgehead atoms. The maximum Gasteiger partial charge on any atom is 0.347 e. The smallest absolute Gasteiger partial charge is 0.347 e. The minimum atomic E-state index is -0.995. The summed E-state index contributed by atoms with van der Waals surface area (Å²) >= 11 is 2.20. The summed E-state index contributed by atoms with van der Waals surface area (Å²) in [5.41, 5.74) is 5.41. The summed E-state index contributed by atoms with van der Waals surface area (Å²) in [7, 11) is 0. The average molecular weight is 232 g/mol. The second-order valence-corrected chi connectivity index (χ2v) is 4.68. The molecule has 0 saturated carbocycles. The van der Waals surface area contributed by atoms with Crippen LogP contribution in [0.3, 0.4) is 0 Å². The summed E-state index contributed by atoms with van der Waals surface area (Å²) in [5, 5.41) is 8.73. The second-order valence-electron chi connectivity index (χ2n) is 2.45. The molecule has 0 aliphatic heterocycles. The molecule has 0 spiro atoms. The molecule has 1 aromatic rings. The van der Waals surface area contributed by atoms with E-state index in [9.17, 15) is 9.59 Å². The van der Waals surface area contributed by atoms with Gasteiger partial charge >= 0.3 is 5.97 Å². The third-order valence-corrected chi connectivity index (χ3v) is 3.62. The first-order valence-corrected chi connectivity index (χ1v) is 5.42. The van der Waals surface area contributed by atoms with E-state index in [0.29, 0.717) is 10.0 Å². The molecule has 7 heteroatoms. The maximum absolute atomic E-state index is 10.6. The highest BCUT2D eigenvalue weighted by Crippen LogP contribution is 2.26. The predicted molar refractivity (Wildman–Crippen MR) is 53.7 cm³/mol. The number of aryl methyl sites for hydroxylation is 1. The molecule has 0 fully saturated rings. The van der Waals surface area contributed by atoms with Crippen molar-refractivity contribution in [3.63, 3.8) is 0 Å². The molecule has 0 radical (unpaired) electrons. The van der Waals surface area contributed by atoms with Gasteiger partial charge in [-0.05, 0) is 6.92 Å². The van der Waals surface area contributed by atoms with Gasteiger partial charge in [0.15, 0.2) is 4.34 Å². The summed E-state index contributed by atoms with van der Waals surface area (Å²) in [4.78, 5) is 25.3. The fourth-order valence-corrected chi connectivity index (χ4v) is 2.53. The normalized spacial score (nSPS) is 10.1. The minimum absolute atomic E-state index is 0.117. The standard InChI is InChI=1S/C7H8N2O3S2/c1-3-5(6(11)12)14-7(9-3)13-2-4(8)10/h2H2,1H3,(H2,8,10)(H,11,12). The zero-order chi connectivity index (χ0) is 10.7. The number of aromatic nitrogens is 1. The van der Waals surface area contributed by atoms with Crippen LogP contribution in [0.2, 0.25) is 0 Å². The molecular weight excluding hydrogens is 224 g/mol. The van der Waals surface area contributed by atoms with E-state index in [1.807, 2.05) is 0 Å². The van der Waals surface area contributed by atoms with Gasteiger partial charge in [0.1, 0.15) is 4.88 Å². The minimum Gasteiger partial charge on any atom is -0.477 e. The van der Waals surface area contributed by atoms with Crippen LogP contribution in [0, 0.1) is 6.92 Å². The zero-order valence-electron chi connectivity index (χ0n) is 7.31. The summed E-state index contributed by atoms with van der Waals surface area (Å²) in [6.07, 6.45) is 0. The first kappa shape index (κ1) is 11.0. The maximum atomic E-state index is 10.6. The van der Waals surface area contributed by atoms with E-state index >= 15 is 0 Å². The van der Waals surface area contributed by atoms with Crippen LogP contribution < -0.4 is 5.73 Å². The van der Waals surface area contributed by atoms with Crippen LogP contribution in [0.15, 0.2) is 4.34 Å². The molecule has 0 aliphatic carbocycles. The van der Waals surface area contributed by atoms with Crippen molar-refractivity contribution >= 4 is 35.0 Å². The van der Waals surface area contributed by atoms with Gasteiger partial charge in [0.2, 0.25) is 5.91 Å². The van der Waals surface area contributed by atoms with Crippen molar-refractivity contribution in [3.8, 4) is 0 Å². The third-order valence-electron chi connectivity index (χ3n) is 1.31. The number of hydrogen-bond donors (Lipinski definition) is 2.